The first-order valence-electron chi connectivity index (χ1n) is 22.8. The van der Waals surface area contributed by atoms with Gasteiger partial charge >= 0.3 is 0 Å². The average molecular weight is 987 g/mol. The van der Waals surface area contributed by atoms with Crippen molar-refractivity contribution in [3.63, 3.8) is 0 Å². The van der Waals surface area contributed by atoms with E-state index in [1.165, 1.54) is 29.0 Å². The van der Waals surface area contributed by atoms with E-state index in [4.69, 9.17) is 21.1 Å². The third-order valence-electron chi connectivity index (χ3n) is 13.3. The number of H-pyrrole nitrogens is 1. The molecule has 68 heavy (non-hydrogen) atoms. The number of aromatic amines is 1. The molecule has 0 bridgehead atoms. The molecule has 20 heteroatoms. The number of fused-ring (bicyclic) bond motifs is 2. The maximum absolute atomic E-state index is 14.1. The van der Waals surface area contributed by atoms with Crippen molar-refractivity contribution in [2.45, 2.75) is 62.9 Å². The van der Waals surface area contributed by atoms with E-state index in [9.17, 15) is 26.5 Å². The first-order valence-corrected chi connectivity index (χ1v) is 26.6. The second-order valence-corrected chi connectivity index (χ2v) is 22.9. The van der Waals surface area contributed by atoms with Gasteiger partial charge in [0.15, 0.2) is 0 Å². The Morgan fingerprint density at radius 3 is 2.47 bits per heavy atom. The number of piperazine rings is 1. The number of sulfonamides is 2. The van der Waals surface area contributed by atoms with Crippen LogP contribution in [-0.4, -0.2) is 120 Å². The van der Waals surface area contributed by atoms with Gasteiger partial charge in [-0.25, -0.2) is 31.3 Å². The molecule has 1 atom stereocenters. The van der Waals surface area contributed by atoms with Crippen molar-refractivity contribution in [2.24, 2.45) is 10.6 Å². The highest BCUT2D eigenvalue weighted by molar-refractivity contribution is 7.90. The molecule has 17 nitrogen and oxygen atoms in total. The highest BCUT2D eigenvalue weighted by Gasteiger charge is 2.32. The number of hydrogen-bond donors (Lipinski definition) is 4. The van der Waals surface area contributed by atoms with Crippen molar-refractivity contribution in [3.05, 3.63) is 106 Å². The monoisotopic (exact) mass is 985 g/mol. The van der Waals surface area contributed by atoms with Crippen LogP contribution in [-0.2, 0) is 20.0 Å². The van der Waals surface area contributed by atoms with Crippen LogP contribution in [0.15, 0.2) is 94.8 Å². The number of benzene rings is 3. The maximum Gasteiger partial charge on any atom is 0.268 e. The summed E-state index contributed by atoms with van der Waals surface area (Å²) >= 11 is 6.25. The van der Waals surface area contributed by atoms with Crippen LogP contribution in [0, 0.1) is 10.3 Å². The van der Waals surface area contributed by atoms with E-state index < -0.39 is 26.0 Å². The van der Waals surface area contributed by atoms with Crippen molar-refractivity contribution in [2.75, 3.05) is 75.4 Å². The molecule has 5 aromatic rings. The molecule has 3 aliphatic heterocycles. The first kappa shape index (κ1) is 47.5. The van der Waals surface area contributed by atoms with Crippen LogP contribution in [0.4, 0.5) is 17.1 Å². The Bertz CT molecular complexity index is 2970. The lowest BCUT2D eigenvalue weighted by Crippen LogP contribution is -2.49. The van der Waals surface area contributed by atoms with Gasteiger partial charge in [0, 0.05) is 79.7 Å². The predicted molar refractivity (Wildman–Crippen MR) is 264 cm³/mol. The third kappa shape index (κ3) is 11.1. The van der Waals surface area contributed by atoms with Crippen LogP contribution in [0.1, 0.15) is 61.9 Å². The summed E-state index contributed by atoms with van der Waals surface area (Å²) < 4.78 is 68.5. The number of carbonyl (C=O) groups excluding carboxylic acids is 1. The number of halogens is 1. The largest absolute Gasteiger partial charge is 0.489 e. The minimum Gasteiger partial charge on any atom is -0.489 e. The number of anilines is 2. The number of nitrogens with zero attached hydrogens (tertiary/aromatic N) is 5. The Morgan fingerprint density at radius 2 is 1.74 bits per heavy atom. The number of aromatic nitrogens is 2. The molecule has 4 aliphatic rings. The number of carbonyl (C=O) groups is 1. The van der Waals surface area contributed by atoms with E-state index in [2.05, 4.69) is 70.6 Å². The summed E-state index contributed by atoms with van der Waals surface area (Å²) in [6.07, 6.45) is 8.91. The molecule has 0 saturated carbocycles. The fourth-order valence-electron chi connectivity index (χ4n) is 9.66. The van der Waals surface area contributed by atoms with Gasteiger partial charge in [-0.3, -0.25) is 9.69 Å². The van der Waals surface area contributed by atoms with Gasteiger partial charge in [-0.15, -0.1) is 4.91 Å². The minimum atomic E-state index is -4.58. The average Bonchev–Trinajstić information content (AvgIpc) is 3.78. The molecule has 1 amide bonds. The molecule has 4 N–H and O–H groups in total. The Kier molecular flexibility index (Phi) is 13.6. The van der Waals surface area contributed by atoms with Crippen molar-refractivity contribution >= 4 is 71.2 Å². The molecular formula is C48H56ClN9O8S2. The van der Waals surface area contributed by atoms with Crippen molar-refractivity contribution in [3.8, 4) is 17.2 Å². The Balaban J connectivity index is 0.900. The SMILES string of the molecule is CC1(C)CCC(CN2CCN(c3ccc(C(=O)NS(=O)(=O)c4cc(N=O)c5c(c4)OC[C@@H](CN4CCC(NS(C)(=O)=O)CC4)N5)c(Oc4cnc5[nH]ccc5c4)c3)CC2)=C(c2ccc(Cl)cc2)C1. The number of rotatable bonds is 14. The number of allylic oxidation sites excluding steroid dienone is 1. The molecule has 0 spiro atoms. The van der Waals surface area contributed by atoms with Gasteiger partial charge in [0.1, 0.15) is 40.9 Å². The van der Waals surface area contributed by atoms with Crippen LogP contribution in [0.5, 0.6) is 17.2 Å². The first-order chi connectivity index (χ1) is 32.5. The fourth-order valence-corrected chi connectivity index (χ4v) is 11.6. The lowest BCUT2D eigenvalue weighted by Gasteiger charge is -2.39. The van der Waals surface area contributed by atoms with Gasteiger partial charge in [-0.2, -0.15) is 0 Å². The van der Waals surface area contributed by atoms with Crippen molar-refractivity contribution < 1.29 is 31.1 Å². The quantitative estimate of drug-likeness (QED) is 0.0797. The summed E-state index contributed by atoms with van der Waals surface area (Å²) in [5, 5.41) is 7.91. The number of likely N-dealkylation sites (tertiary alicyclic amines) is 1. The van der Waals surface area contributed by atoms with Gasteiger partial charge in [0.05, 0.1) is 29.0 Å². The molecule has 1 aliphatic carbocycles. The van der Waals surface area contributed by atoms with Crippen LogP contribution in [0.25, 0.3) is 16.6 Å². The molecule has 0 radical (unpaired) electrons. The van der Waals surface area contributed by atoms with E-state index in [0.717, 1.165) is 80.4 Å². The number of nitrogens with one attached hydrogen (secondary N) is 4. The second kappa shape index (κ2) is 19.4. The standard InChI is InChI=1S/C48H56ClN9O8S2/c1-48(2)14-10-33(41(26-48)31-4-6-34(49)7-5-31)28-57-18-20-58(21-19-57)37-8-9-40(43(23-37)66-38-22-32-11-15-50-46(32)51-27-38)47(59)55-68(63,64)39-24-42(53-60)45-44(25-39)65-30-36(52-45)29-56-16-12-35(13-17-56)54-67(3,61)62/h4-9,11,15,22-25,27,35-36,52,54H,10,12-14,16-21,26,28-30H2,1-3H3,(H,50,51)(H,55,59)/t36-/m1/s1. The molecule has 0 unspecified atom stereocenters. The summed E-state index contributed by atoms with van der Waals surface area (Å²) in [4.78, 5) is 40.3. The van der Waals surface area contributed by atoms with Crippen LogP contribution in [0.3, 0.4) is 0 Å². The summed E-state index contributed by atoms with van der Waals surface area (Å²) in [6, 6.07) is 18.9. The summed E-state index contributed by atoms with van der Waals surface area (Å²) in [6.45, 7) is 10.6. The van der Waals surface area contributed by atoms with E-state index in [-0.39, 0.29) is 57.4 Å². The van der Waals surface area contributed by atoms with Gasteiger partial charge in [0.2, 0.25) is 10.0 Å². The maximum atomic E-state index is 14.1. The lowest BCUT2D eigenvalue weighted by atomic mass is 9.72. The molecular weight excluding hydrogens is 930 g/mol. The summed E-state index contributed by atoms with van der Waals surface area (Å²) in [5.41, 5.74) is 5.80. The van der Waals surface area contributed by atoms with Gasteiger partial charge < -0.3 is 29.6 Å². The molecule has 2 aromatic heterocycles. The number of ether oxygens (including phenoxy) is 2. The van der Waals surface area contributed by atoms with E-state index in [1.807, 2.05) is 18.2 Å². The van der Waals surface area contributed by atoms with Gasteiger partial charge in [-0.1, -0.05) is 43.2 Å². The third-order valence-corrected chi connectivity index (χ3v) is 15.6. The Hall–Kier alpha value is -5.57. The summed E-state index contributed by atoms with van der Waals surface area (Å²) in [7, 11) is -7.88. The number of nitroso groups, excluding NO2 is 1. The van der Waals surface area contributed by atoms with Gasteiger partial charge in [-0.05, 0) is 109 Å². The van der Waals surface area contributed by atoms with Crippen molar-refractivity contribution in [1.29, 1.82) is 0 Å². The molecule has 2 fully saturated rings. The zero-order valence-electron chi connectivity index (χ0n) is 38.3. The normalized spacial score (nSPS) is 19.5. The van der Waals surface area contributed by atoms with Gasteiger partial charge in [0.25, 0.3) is 15.9 Å². The fraction of sp³-hybridized carbons (Fsp3) is 0.417. The highest BCUT2D eigenvalue weighted by Crippen LogP contribution is 2.44. The second-order valence-electron chi connectivity index (χ2n) is 19.0. The number of piperidine rings is 1. The van der Waals surface area contributed by atoms with Crippen LogP contribution < -0.4 is 29.1 Å². The highest BCUT2D eigenvalue weighted by atomic mass is 35.5. The Labute approximate surface area is 401 Å². The van der Waals surface area contributed by atoms with E-state index in [0.29, 0.717) is 43.9 Å². The number of hydrogen-bond acceptors (Lipinski definition) is 14. The van der Waals surface area contributed by atoms with Crippen molar-refractivity contribution in [1.82, 2.24) is 29.2 Å². The van der Waals surface area contributed by atoms with Crippen LogP contribution >= 0.6 is 11.6 Å². The van der Waals surface area contributed by atoms with E-state index in [1.54, 1.807) is 30.5 Å². The summed E-state index contributed by atoms with van der Waals surface area (Å²) in [5.74, 6) is -0.360. The van der Waals surface area contributed by atoms with E-state index >= 15 is 0 Å². The molecule has 2 saturated heterocycles. The zero-order chi connectivity index (χ0) is 47.8. The number of pyridine rings is 1. The molecule has 5 heterocycles. The van der Waals surface area contributed by atoms with Crippen LogP contribution in [0.2, 0.25) is 5.02 Å². The molecule has 9 rings (SSSR count). The molecule has 3 aromatic carbocycles. The number of amides is 1. The topological polar surface area (TPSA) is 208 Å². The Morgan fingerprint density at radius 1 is 0.971 bits per heavy atom. The minimum absolute atomic E-state index is 0.0318. The zero-order valence-corrected chi connectivity index (χ0v) is 40.6. The predicted octanol–water partition coefficient (Wildman–Crippen LogP) is 7.50. The molecule has 360 valence electrons. The smallest absolute Gasteiger partial charge is 0.268 e. The lowest BCUT2D eigenvalue weighted by molar-refractivity contribution is 0.0979.